The molecule has 0 aliphatic carbocycles. The highest BCUT2D eigenvalue weighted by Gasteiger charge is 2.19. The minimum absolute atomic E-state index is 0.0939. The van der Waals surface area contributed by atoms with Crippen LogP contribution in [0.25, 0.3) is 0 Å². The molecule has 6 heteroatoms. The van der Waals surface area contributed by atoms with Crippen molar-refractivity contribution in [1.29, 1.82) is 0 Å². The van der Waals surface area contributed by atoms with E-state index in [0.29, 0.717) is 19.3 Å². The minimum atomic E-state index is -0.803. The van der Waals surface area contributed by atoms with Gasteiger partial charge in [0.05, 0.1) is 0 Å². The van der Waals surface area contributed by atoms with Crippen LogP contribution in [0.15, 0.2) is 85.1 Å². The van der Waals surface area contributed by atoms with E-state index in [4.69, 9.17) is 14.2 Å². The maximum atomic E-state index is 12.9. The highest BCUT2D eigenvalue weighted by molar-refractivity contribution is 5.71. The Labute approximate surface area is 503 Å². The molecule has 0 fully saturated rings. The summed E-state index contributed by atoms with van der Waals surface area (Å²) in [5.41, 5.74) is 0. The van der Waals surface area contributed by atoms with Crippen molar-refractivity contribution in [2.24, 2.45) is 0 Å². The first kappa shape index (κ1) is 77.6. The lowest BCUT2D eigenvalue weighted by molar-refractivity contribution is -0.166. The van der Waals surface area contributed by atoms with Gasteiger partial charge in [-0.2, -0.15) is 0 Å². The summed E-state index contributed by atoms with van der Waals surface area (Å²) in [6.07, 6.45) is 92.1. The quantitative estimate of drug-likeness (QED) is 0.0261. The number of unbranched alkanes of at least 4 members (excludes halogenated alkanes) is 39. The highest BCUT2D eigenvalue weighted by atomic mass is 16.6. The fraction of sp³-hybridized carbons (Fsp3) is 0.773. The Kier molecular flexibility index (Phi) is 66.2. The van der Waals surface area contributed by atoms with Crippen LogP contribution in [0.2, 0.25) is 0 Å². The second-order valence-electron chi connectivity index (χ2n) is 23.4. The van der Waals surface area contributed by atoms with E-state index in [-0.39, 0.29) is 37.5 Å². The zero-order valence-electron chi connectivity index (χ0n) is 53.8. The molecule has 0 spiro atoms. The number of carbonyl (C=O) groups excluding carboxylic acids is 3. The van der Waals surface area contributed by atoms with Crippen molar-refractivity contribution < 1.29 is 28.6 Å². The Morgan fingerprint density at radius 1 is 0.259 bits per heavy atom. The molecule has 81 heavy (non-hydrogen) atoms. The summed E-state index contributed by atoms with van der Waals surface area (Å²) in [6.45, 7) is 6.50. The molecule has 1 unspecified atom stereocenters. The molecule has 0 aromatic rings. The van der Waals surface area contributed by atoms with E-state index in [9.17, 15) is 14.4 Å². The van der Waals surface area contributed by atoms with Crippen LogP contribution in [-0.2, 0) is 28.6 Å². The first-order chi connectivity index (χ1) is 40.0. The van der Waals surface area contributed by atoms with Crippen molar-refractivity contribution >= 4 is 17.9 Å². The van der Waals surface area contributed by atoms with E-state index < -0.39 is 6.10 Å². The van der Waals surface area contributed by atoms with Gasteiger partial charge in [-0.1, -0.05) is 337 Å². The molecule has 0 heterocycles. The largest absolute Gasteiger partial charge is 0.462 e. The van der Waals surface area contributed by atoms with E-state index in [1.54, 1.807) is 0 Å². The van der Waals surface area contributed by atoms with Gasteiger partial charge in [0.1, 0.15) is 13.2 Å². The van der Waals surface area contributed by atoms with Crippen LogP contribution in [0.4, 0.5) is 0 Å². The molecule has 0 amide bonds. The number of hydrogen-bond donors (Lipinski definition) is 0. The van der Waals surface area contributed by atoms with Crippen LogP contribution in [0.3, 0.4) is 0 Å². The van der Waals surface area contributed by atoms with Gasteiger partial charge in [0.15, 0.2) is 6.10 Å². The molecule has 0 rings (SSSR count). The number of hydrogen-bond acceptors (Lipinski definition) is 6. The van der Waals surface area contributed by atoms with E-state index in [1.807, 2.05) is 6.08 Å². The number of carbonyl (C=O) groups is 3. The molecule has 0 aliphatic heterocycles. The number of ether oxygens (including phenoxy) is 3. The molecule has 468 valence electrons. The topological polar surface area (TPSA) is 78.9 Å². The van der Waals surface area contributed by atoms with Gasteiger partial charge in [0.2, 0.25) is 0 Å². The van der Waals surface area contributed by atoms with E-state index in [0.717, 1.165) is 77.0 Å². The van der Waals surface area contributed by atoms with Crippen molar-refractivity contribution in [1.82, 2.24) is 0 Å². The number of allylic oxidation sites excluding steroid dienone is 14. The van der Waals surface area contributed by atoms with Crippen LogP contribution in [-0.4, -0.2) is 37.2 Å². The average Bonchev–Trinajstić information content (AvgIpc) is 3.46. The molecule has 0 saturated heterocycles. The SMILES string of the molecule is CC/C=C\C/C=C\C/C=C\C/C=C\CCC(=O)OCC(COC(=O)CCCCCCCCCCCCCCCCCCCC/C=C\C/C=C\C/C=C\CCCCCCC)OC(=O)CCCCCCCCCCCCCCCCCCC. The first-order valence-corrected chi connectivity index (χ1v) is 35.1. The lowest BCUT2D eigenvalue weighted by atomic mass is 10.0. The lowest BCUT2D eigenvalue weighted by Crippen LogP contribution is -2.30. The summed E-state index contributed by atoms with van der Waals surface area (Å²) in [7, 11) is 0. The molecular formula is C75H132O6. The van der Waals surface area contributed by atoms with Crippen molar-refractivity contribution in [2.75, 3.05) is 13.2 Å². The molecule has 0 bridgehead atoms. The zero-order valence-corrected chi connectivity index (χ0v) is 53.8. The van der Waals surface area contributed by atoms with Gasteiger partial charge in [0, 0.05) is 19.3 Å². The first-order valence-electron chi connectivity index (χ1n) is 35.1. The summed E-state index contributed by atoms with van der Waals surface area (Å²) in [5, 5.41) is 0. The van der Waals surface area contributed by atoms with Gasteiger partial charge in [-0.05, 0) is 83.5 Å². The normalized spacial score (nSPS) is 12.6. The van der Waals surface area contributed by atoms with Crippen LogP contribution in [0.5, 0.6) is 0 Å². The summed E-state index contributed by atoms with van der Waals surface area (Å²) in [4.78, 5) is 38.3. The van der Waals surface area contributed by atoms with Gasteiger partial charge < -0.3 is 14.2 Å². The Bertz CT molecular complexity index is 1530. The van der Waals surface area contributed by atoms with Crippen LogP contribution in [0, 0.1) is 0 Å². The summed E-state index contributed by atoms with van der Waals surface area (Å²) >= 11 is 0. The molecule has 0 N–H and O–H groups in total. The van der Waals surface area contributed by atoms with Crippen LogP contribution < -0.4 is 0 Å². The second-order valence-corrected chi connectivity index (χ2v) is 23.4. The van der Waals surface area contributed by atoms with Crippen molar-refractivity contribution in [3.63, 3.8) is 0 Å². The van der Waals surface area contributed by atoms with Gasteiger partial charge in [0.25, 0.3) is 0 Å². The van der Waals surface area contributed by atoms with E-state index in [2.05, 4.69) is 99.8 Å². The highest BCUT2D eigenvalue weighted by Crippen LogP contribution is 2.18. The summed E-state index contributed by atoms with van der Waals surface area (Å²) in [5.74, 6) is -0.961. The van der Waals surface area contributed by atoms with Crippen LogP contribution >= 0.6 is 0 Å². The van der Waals surface area contributed by atoms with Gasteiger partial charge >= 0.3 is 17.9 Å². The van der Waals surface area contributed by atoms with Crippen molar-refractivity contribution in [3.05, 3.63) is 85.1 Å². The minimum Gasteiger partial charge on any atom is -0.462 e. The molecule has 0 aromatic carbocycles. The number of rotatable bonds is 64. The lowest BCUT2D eigenvalue weighted by Gasteiger charge is -2.18. The predicted octanol–water partition coefficient (Wildman–Crippen LogP) is 24.2. The average molecular weight is 1130 g/mol. The fourth-order valence-electron chi connectivity index (χ4n) is 10.2. The molecule has 0 saturated carbocycles. The summed E-state index contributed by atoms with van der Waals surface area (Å²) < 4.78 is 16.9. The van der Waals surface area contributed by atoms with Crippen molar-refractivity contribution in [3.8, 4) is 0 Å². The smallest absolute Gasteiger partial charge is 0.306 e. The standard InChI is InChI=1S/C75H132O6/c1-4-7-10-13-16-19-22-25-27-29-30-31-32-33-34-35-36-37-38-39-40-41-42-43-44-46-47-50-53-56-59-62-65-68-74(77)80-71-72(70-79-73(76)67-64-61-58-55-52-49-24-21-18-15-12-9-6-3)81-75(78)69-66-63-60-57-54-51-48-45-28-26-23-20-17-14-11-8-5-2/h9,12,18,21-22,25,29-30,32-33,49,52,58,61,72H,4-8,10-11,13-17,19-20,23-24,26-28,31,34-48,50-51,53-57,59-60,62-71H2,1-3H3/b12-9-,21-18-,25-22-,30-29-,33-32-,52-49-,61-58-. The third kappa shape index (κ3) is 67.3. The Balaban J connectivity index is 4.17. The monoisotopic (exact) mass is 1130 g/mol. The Morgan fingerprint density at radius 2 is 0.506 bits per heavy atom. The number of esters is 3. The Morgan fingerprint density at radius 3 is 0.827 bits per heavy atom. The van der Waals surface area contributed by atoms with Crippen molar-refractivity contribution in [2.45, 2.75) is 361 Å². The van der Waals surface area contributed by atoms with E-state index >= 15 is 0 Å². The molecular weight excluding hydrogens is 997 g/mol. The molecule has 0 radical (unpaired) electrons. The predicted molar refractivity (Wildman–Crippen MR) is 353 cm³/mol. The van der Waals surface area contributed by atoms with E-state index in [1.165, 1.54) is 231 Å². The van der Waals surface area contributed by atoms with Gasteiger partial charge in [-0.3, -0.25) is 14.4 Å². The summed E-state index contributed by atoms with van der Waals surface area (Å²) in [6, 6.07) is 0. The maximum absolute atomic E-state index is 12.9. The third-order valence-electron chi connectivity index (χ3n) is 15.4. The molecule has 1 atom stereocenters. The maximum Gasteiger partial charge on any atom is 0.306 e. The third-order valence-corrected chi connectivity index (χ3v) is 15.4. The second kappa shape index (κ2) is 69.1. The zero-order chi connectivity index (χ0) is 58.5. The van der Waals surface area contributed by atoms with Gasteiger partial charge in [-0.15, -0.1) is 0 Å². The molecule has 0 aromatic heterocycles. The Hall–Kier alpha value is -3.41. The fourth-order valence-corrected chi connectivity index (χ4v) is 10.2. The van der Waals surface area contributed by atoms with Gasteiger partial charge in [-0.25, -0.2) is 0 Å². The molecule has 0 aliphatic rings. The molecule has 6 nitrogen and oxygen atoms in total. The van der Waals surface area contributed by atoms with Crippen LogP contribution in [0.1, 0.15) is 355 Å².